The van der Waals surface area contributed by atoms with Gasteiger partial charge in [0.2, 0.25) is 0 Å². The summed E-state index contributed by atoms with van der Waals surface area (Å²) >= 11 is 0. The summed E-state index contributed by atoms with van der Waals surface area (Å²) in [7, 11) is 0. The molecule has 1 fully saturated rings. The summed E-state index contributed by atoms with van der Waals surface area (Å²) in [6, 6.07) is 0. The van der Waals surface area contributed by atoms with Gasteiger partial charge in [0.05, 0.1) is 12.3 Å². The Morgan fingerprint density at radius 2 is 1.65 bits per heavy atom. The van der Waals surface area contributed by atoms with Gasteiger partial charge in [-0.2, -0.15) is 0 Å². The van der Waals surface area contributed by atoms with Gasteiger partial charge in [-0.15, -0.1) is 0 Å². The number of carbonyl (C=O) groups is 2. The molecule has 3 atom stereocenters. The summed E-state index contributed by atoms with van der Waals surface area (Å²) in [6.07, 6.45) is 16.6. The molecule has 152 valence electrons. The highest BCUT2D eigenvalue weighted by Crippen LogP contribution is 2.42. The molecular weight excluding hydrogens is 328 g/mol. The SMILES string of the molecule is CCCCCCCCCC1(C)CCCC(CC(CC(=O)O)C(=O)O)CC1. The molecule has 3 unspecified atom stereocenters. The molecule has 2 N–H and O–H groups in total. The van der Waals surface area contributed by atoms with Crippen molar-refractivity contribution in [2.45, 2.75) is 110 Å². The van der Waals surface area contributed by atoms with Crippen molar-refractivity contribution in [3.63, 3.8) is 0 Å². The third-order valence-electron chi connectivity index (χ3n) is 6.32. The van der Waals surface area contributed by atoms with E-state index >= 15 is 0 Å². The van der Waals surface area contributed by atoms with E-state index in [4.69, 9.17) is 5.11 Å². The third-order valence-corrected chi connectivity index (χ3v) is 6.32. The molecule has 0 heterocycles. The summed E-state index contributed by atoms with van der Waals surface area (Å²) in [6.45, 7) is 4.65. The molecule has 1 rings (SSSR count). The largest absolute Gasteiger partial charge is 0.481 e. The molecule has 0 aromatic carbocycles. The average molecular weight is 369 g/mol. The first-order valence-corrected chi connectivity index (χ1v) is 10.8. The van der Waals surface area contributed by atoms with Gasteiger partial charge < -0.3 is 10.2 Å². The van der Waals surface area contributed by atoms with E-state index in [2.05, 4.69) is 13.8 Å². The Hall–Kier alpha value is -1.06. The van der Waals surface area contributed by atoms with Crippen molar-refractivity contribution < 1.29 is 19.8 Å². The predicted molar refractivity (Wildman–Crippen MR) is 105 cm³/mol. The van der Waals surface area contributed by atoms with E-state index in [1.807, 2.05) is 0 Å². The van der Waals surface area contributed by atoms with Crippen LogP contribution in [-0.2, 0) is 9.59 Å². The van der Waals surface area contributed by atoms with E-state index in [1.54, 1.807) is 0 Å². The summed E-state index contributed by atoms with van der Waals surface area (Å²) in [5, 5.41) is 18.2. The van der Waals surface area contributed by atoms with Crippen molar-refractivity contribution in [2.75, 3.05) is 0 Å². The zero-order valence-corrected chi connectivity index (χ0v) is 17.0. The highest BCUT2D eigenvalue weighted by atomic mass is 16.4. The maximum atomic E-state index is 11.3. The zero-order chi connectivity index (χ0) is 19.4. The maximum Gasteiger partial charge on any atom is 0.307 e. The van der Waals surface area contributed by atoms with Crippen LogP contribution in [0.2, 0.25) is 0 Å². The molecule has 0 amide bonds. The van der Waals surface area contributed by atoms with Gasteiger partial charge in [-0.3, -0.25) is 9.59 Å². The number of hydrogen-bond donors (Lipinski definition) is 2. The number of hydrogen-bond acceptors (Lipinski definition) is 2. The van der Waals surface area contributed by atoms with E-state index in [1.165, 1.54) is 57.8 Å². The molecule has 0 aromatic heterocycles. The van der Waals surface area contributed by atoms with Gasteiger partial charge in [-0.25, -0.2) is 0 Å². The minimum atomic E-state index is -1.00. The Bertz CT molecular complexity index is 420. The standard InChI is InChI=1S/C22H40O4/c1-3-4-5-6-7-8-9-13-22(2)14-10-11-18(12-15-22)16-19(21(25)26)17-20(23)24/h18-19H,3-17H2,1-2H3,(H,23,24)(H,25,26). The Morgan fingerprint density at radius 3 is 2.27 bits per heavy atom. The van der Waals surface area contributed by atoms with Crippen LogP contribution in [-0.4, -0.2) is 22.2 Å². The van der Waals surface area contributed by atoms with Gasteiger partial charge in [0.1, 0.15) is 0 Å². The van der Waals surface area contributed by atoms with E-state index in [0.717, 1.165) is 25.7 Å². The molecule has 1 aliphatic carbocycles. The average Bonchev–Trinajstić information content (AvgIpc) is 2.75. The van der Waals surface area contributed by atoms with Gasteiger partial charge in [0, 0.05) is 0 Å². The molecule has 0 spiro atoms. The lowest BCUT2D eigenvalue weighted by Gasteiger charge is -2.28. The van der Waals surface area contributed by atoms with Gasteiger partial charge in [0.25, 0.3) is 0 Å². The second kappa shape index (κ2) is 12.3. The topological polar surface area (TPSA) is 74.6 Å². The van der Waals surface area contributed by atoms with Crippen molar-refractivity contribution in [3.8, 4) is 0 Å². The number of aliphatic carboxylic acids is 2. The van der Waals surface area contributed by atoms with E-state index in [0.29, 0.717) is 17.8 Å². The van der Waals surface area contributed by atoms with Crippen molar-refractivity contribution in [3.05, 3.63) is 0 Å². The van der Waals surface area contributed by atoms with Gasteiger partial charge in [-0.1, -0.05) is 71.6 Å². The van der Waals surface area contributed by atoms with Crippen LogP contribution in [0, 0.1) is 17.3 Å². The van der Waals surface area contributed by atoms with Crippen LogP contribution >= 0.6 is 0 Å². The summed E-state index contributed by atoms with van der Waals surface area (Å²) in [4.78, 5) is 22.2. The van der Waals surface area contributed by atoms with Crippen molar-refractivity contribution >= 4 is 11.9 Å². The third kappa shape index (κ3) is 9.59. The number of carboxylic acid groups (broad SMARTS) is 2. The molecule has 0 bridgehead atoms. The molecule has 4 nitrogen and oxygen atoms in total. The summed E-state index contributed by atoms with van der Waals surface area (Å²) < 4.78 is 0. The first-order valence-electron chi connectivity index (χ1n) is 10.8. The Morgan fingerprint density at radius 1 is 1.00 bits per heavy atom. The smallest absolute Gasteiger partial charge is 0.307 e. The van der Waals surface area contributed by atoms with Gasteiger partial charge >= 0.3 is 11.9 Å². The molecule has 26 heavy (non-hydrogen) atoms. The molecule has 0 aromatic rings. The Kier molecular flexibility index (Phi) is 10.9. The van der Waals surface area contributed by atoms with Crippen LogP contribution in [0.3, 0.4) is 0 Å². The van der Waals surface area contributed by atoms with E-state index in [9.17, 15) is 14.7 Å². The summed E-state index contributed by atoms with van der Waals surface area (Å²) in [5.74, 6) is -2.33. The first-order chi connectivity index (χ1) is 12.4. The molecule has 4 heteroatoms. The van der Waals surface area contributed by atoms with Gasteiger partial charge in [0.15, 0.2) is 0 Å². The van der Waals surface area contributed by atoms with E-state index < -0.39 is 17.9 Å². The molecule has 1 aliphatic rings. The van der Waals surface area contributed by atoms with Crippen LogP contribution < -0.4 is 0 Å². The number of rotatable bonds is 13. The number of unbranched alkanes of at least 4 members (excludes halogenated alkanes) is 6. The fraction of sp³-hybridized carbons (Fsp3) is 0.909. The maximum absolute atomic E-state index is 11.3. The monoisotopic (exact) mass is 368 g/mol. The second-order valence-electron chi connectivity index (χ2n) is 8.85. The van der Waals surface area contributed by atoms with Crippen LogP contribution in [0.25, 0.3) is 0 Å². The Labute approximate surface area is 159 Å². The lowest BCUT2D eigenvalue weighted by Crippen LogP contribution is -2.21. The highest BCUT2D eigenvalue weighted by molar-refractivity contribution is 5.77. The minimum absolute atomic E-state index is 0.249. The lowest BCUT2D eigenvalue weighted by atomic mass is 9.77. The van der Waals surface area contributed by atoms with Crippen molar-refractivity contribution in [2.24, 2.45) is 17.3 Å². The quantitative estimate of drug-likeness (QED) is 0.296. The summed E-state index contributed by atoms with van der Waals surface area (Å²) in [5.41, 5.74) is 0.393. The number of carboxylic acids is 2. The minimum Gasteiger partial charge on any atom is -0.481 e. The fourth-order valence-corrected chi connectivity index (χ4v) is 4.52. The lowest BCUT2D eigenvalue weighted by molar-refractivity contribution is -0.148. The second-order valence-corrected chi connectivity index (χ2v) is 8.85. The molecule has 0 aliphatic heterocycles. The van der Waals surface area contributed by atoms with Crippen LogP contribution in [0.5, 0.6) is 0 Å². The molecular formula is C22H40O4. The molecule has 0 radical (unpaired) electrons. The van der Waals surface area contributed by atoms with Crippen molar-refractivity contribution in [1.82, 2.24) is 0 Å². The predicted octanol–water partition coefficient (Wildman–Crippen LogP) is 6.28. The normalized spacial score (nSPS) is 24.8. The molecule has 0 saturated heterocycles. The first kappa shape index (κ1) is 23.0. The van der Waals surface area contributed by atoms with Crippen molar-refractivity contribution in [1.29, 1.82) is 0 Å². The Balaban J connectivity index is 2.34. The van der Waals surface area contributed by atoms with Gasteiger partial charge in [-0.05, 0) is 43.4 Å². The molecule has 1 saturated carbocycles. The van der Waals surface area contributed by atoms with Crippen LogP contribution in [0.1, 0.15) is 110 Å². The fourth-order valence-electron chi connectivity index (χ4n) is 4.52. The van der Waals surface area contributed by atoms with E-state index in [-0.39, 0.29) is 6.42 Å². The van der Waals surface area contributed by atoms with Crippen LogP contribution in [0.15, 0.2) is 0 Å². The highest BCUT2D eigenvalue weighted by Gasteiger charge is 2.31. The van der Waals surface area contributed by atoms with Crippen LogP contribution in [0.4, 0.5) is 0 Å². The zero-order valence-electron chi connectivity index (χ0n) is 17.0.